The Kier molecular flexibility index (Phi) is 3.15. The van der Waals surface area contributed by atoms with Crippen LogP contribution < -0.4 is 0 Å². The number of hydrogen-bond acceptors (Lipinski definition) is 1. The van der Waals surface area contributed by atoms with Crippen molar-refractivity contribution in [3.8, 4) is 0 Å². The first kappa shape index (κ1) is 11.5. The minimum atomic E-state index is 0.285. The van der Waals surface area contributed by atoms with Crippen molar-refractivity contribution < 1.29 is 0 Å². The molecule has 2 aromatic carbocycles. The maximum absolute atomic E-state index is 4.26. The largest absolute Gasteiger partial charge is 0.349 e. The Hall–Kier alpha value is -1.61. The second-order valence-corrected chi connectivity index (χ2v) is 5.42. The van der Waals surface area contributed by atoms with Gasteiger partial charge in [-0.1, -0.05) is 58.4 Å². The van der Waals surface area contributed by atoms with Crippen molar-refractivity contribution >= 4 is 26.7 Å². The minimum Gasteiger partial charge on any atom is -0.349 e. The SMILES string of the molecule is BrC(Cc1ncc[nH]1)c1ccc2ccccc2c1. The molecule has 0 spiro atoms. The Morgan fingerprint density at radius 3 is 2.72 bits per heavy atom. The Morgan fingerprint density at radius 2 is 1.94 bits per heavy atom. The summed E-state index contributed by atoms with van der Waals surface area (Å²) in [5.41, 5.74) is 1.28. The molecular weight excluding hydrogens is 288 g/mol. The van der Waals surface area contributed by atoms with Crippen molar-refractivity contribution in [3.05, 3.63) is 66.2 Å². The molecule has 0 aliphatic rings. The van der Waals surface area contributed by atoms with Gasteiger partial charge in [0.2, 0.25) is 0 Å². The first-order chi connectivity index (χ1) is 8.83. The number of fused-ring (bicyclic) bond motifs is 1. The van der Waals surface area contributed by atoms with Crippen LogP contribution in [0.25, 0.3) is 10.8 Å². The van der Waals surface area contributed by atoms with Crippen molar-refractivity contribution in [2.24, 2.45) is 0 Å². The van der Waals surface area contributed by atoms with Gasteiger partial charge in [-0.05, 0) is 16.3 Å². The summed E-state index contributed by atoms with van der Waals surface area (Å²) in [6, 6.07) is 15.0. The van der Waals surface area contributed by atoms with E-state index < -0.39 is 0 Å². The van der Waals surface area contributed by atoms with Crippen LogP contribution in [0.5, 0.6) is 0 Å². The van der Waals surface area contributed by atoms with Gasteiger partial charge in [-0.3, -0.25) is 0 Å². The molecule has 0 aliphatic carbocycles. The second kappa shape index (κ2) is 4.94. The van der Waals surface area contributed by atoms with Crippen molar-refractivity contribution in [3.63, 3.8) is 0 Å². The van der Waals surface area contributed by atoms with Crippen molar-refractivity contribution in [1.82, 2.24) is 9.97 Å². The summed E-state index contributed by atoms with van der Waals surface area (Å²) in [6.07, 6.45) is 4.51. The number of halogens is 1. The Labute approximate surface area is 114 Å². The molecular formula is C15H13BrN2. The van der Waals surface area contributed by atoms with E-state index in [2.05, 4.69) is 68.4 Å². The van der Waals surface area contributed by atoms with Crippen LogP contribution in [0, 0.1) is 0 Å². The van der Waals surface area contributed by atoms with Crippen LogP contribution >= 0.6 is 15.9 Å². The molecule has 0 amide bonds. The first-order valence-electron chi connectivity index (χ1n) is 5.94. The molecule has 3 rings (SSSR count). The van der Waals surface area contributed by atoms with E-state index in [0.717, 1.165) is 12.2 Å². The normalized spacial score (nSPS) is 12.7. The minimum absolute atomic E-state index is 0.285. The van der Waals surface area contributed by atoms with Gasteiger partial charge in [0.1, 0.15) is 5.82 Å². The van der Waals surface area contributed by atoms with Gasteiger partial charge in [-0.2, -0.15) is 0 Å². The van der Waals surface area contributed by atoms with Crippen molar-refractivity contribution in [2.75, 3.05) is 0 Å². The second-order valence-electron chi connectivity index (χ2n) is 4.31. The van der Waals surface area contributed by atoms with E-state index in [9.17, 15) is 0 Å². The number of nitrogens with one attached hydrogen (secondary N) is 1. The van der Waals surface area contributed by atoms with Gasteiger partial charge in [-0.15, -0.1) is 0 Å². The summed E-state index contributed by atoms with van der Waals surface area (Å²) in [4.78, 5) is 7.68. The zero-order valence-electron chi connectivity index (χ0n) is 9.81. The van der Waals surface area contributed by atoms with Crippen LogP contribution in [-0.4, -0.2) is 9.97 Å². The number of nitrogens with zero attached hydrogens (tertiary/aromatic N) is 1. The average molecular weight is 301 g/mol. The monoisotopic (exact) mass is 300 g/mol. The maximum Gasteiger partial charge on any atom is 0.107 e. The highest BCUT2D eigenvalue weighted by atomic mass is 79.9. The van der Waals surface area contributed by atoms with E-state index in [1.54, 1.807) is 6.20 Å². The molecule has 1 unspecified atom stereocenters. The molecule has 1 atom stereocenters. The topological polar surface area (TPSA) is 28.7 Å². The molecule has 3 aromatic rings. The lowest BCUT2D eigenvalue weighted by Crippen LogP contribution is -1.97. The number of aromatic nitrogens is 2. The van der Waals surface area contributed by atoms with Gasteiger partial charge in [0.25, 0.3) is 0 Å². The Bertz CT molecular complexity index is 646. The number of H-pyrrole nitrogens is 1. The van der Waals surface area contributed by atoms with Crippen LogP contribution in [0.15, 0.2) is 54.9 Å². The molecule has 18 heavy (non-hydrogen) atoms. The molecule has 3 heteroatoms. The summed E-state index contributed by atoms with van der Waals surface area (Å²) in [5, 5.41) is 2.55. The van der Waals surface area contributed by atoms with Crippen LogP contribution in [0.1, 0.15) is 16.2 Å². The molecule has 0 saturated heterocycles. The van der Waals surface area contributed by atoms with Gasteiger partial charge in [0.15, 0.2) is 0 Å². The lowest BCUT2D eigenvalue weighted by molar-refractivity contribution is 0.877. The molecule has 1 heterocycles. The van der Waals surface area contributed by atoms with Crippen LogP contribution in [0.4, 0.5) is 0 Å². The van der Waals surface area contributed by atoms with Crippen molar-refractivity contribution in [2.45, 2.75) is 11.2 Å². The van der Waals surface area contributed by atoms with Gasteiger partial charge < -0.3 is 4.98 Å². The van der Waals surface area contributed by atoms with E-state index in [4.69, 9.17) is 0 Å². The summed E-state index contributed by atoms with van der Waals surface area (Å²) < 4.78 is 0. The standard InChI is InChI=1S/C15H13BrN2/c16-14(10-15-17-7-8-18-15)13-6-5-11-3-1-2-4-12(11)9-13/h1-9,14H,10H2,(H,17,18). The lowest BCUT2D eigenvalue weighted by atomic mass is 10.0. The van der Waals surface area contributed by atoms with Crippen molar-refractivity contribution in [1.29, 1.82) is 0 Å². The van der Waals surface area contributed by atoms with E-state index in [0.29, 0.717) is 0 Å². The highest BCUT2D eigenvalue weighted by Crippen LogP contribution is 2.28. The molecule has 0 radical (unpaired) electrons. The number of rotatable bonds is 3. The highest BCUT2D eigenvalue weighted by Gasteiger charge is 2.10. The van der Waals surface area contributed by atoms with E-state index in [1.807, 2.05) is 6.20 Å². The number of imidazole rings is 1. The van der Waals surface area contributed by atoms with Gasteiger partial charge in [0, 0.05) is 23.6 Å². The highest BCUT2D eigenvalue weighted by molar-refractivity contribution is 9.09. The predicted octanol–water partition coefficient (Wildman–Crippen LogP) is 4.24. The third-order valence-electron chi connectivity index (χ3n) is 3.06. The number of benzene rings is 2. The number of aromatic amines is 1. The van der Waals surface area contributed by atoms with E-state index in [1.165, 1.54) is 16.3 Å². The zero-order chi connectivity index (χ0) is 12.4. The average Bonchev–Trinajstić information content (AvgIpc) is 2.91. The smallest absolute Gasteiger partial charge is 0.107 e. The molecule has 0 fully saturated rings. The third-order valence-corrected chi connectivity index (χ3v) is 3.92. The molecule has 2 nitrogen and oxygen atoms in total. The first-order valence-corrected chi connectivity index (χ1v) is 6.85. The Morgan fingerprint density at radius 1 is 1.11 bits per heavy atom. The fourth-order valence-corrected chi connectivity index (χ4v) is 2.69. The Balaban J connectivity index is 1.89. The molecule has 1 N–H and O–H groups in total. The molecule has 0 saturated carbocycles. The quantitative estimate of drug-likeness (QED) is 0.720. The van der Waals surface area contributed by atoms with Crippen LogP contribution in [-0.2, 0) is 6.42 Å². The third kappa shape index (κ3) is 2.31. The molecule has 90 valence electrons. The fourth-order valence-electron chi connectivity index (χ4n) is 2.10. The van der Waals surface area contributed by atoms with E-state index in [-0.39, 0.29) is 4.83 Å². The summed E-state index contributed by atoms with van der Waals surface area (Å²) in [6.45, 7) is 0. The lowest BCUT2D eigenvalue weighted by Gasteiger charge is -2.09. The summed E-state index contributed by atoms with van der Waals surface area (Å²) in [5.74, 6) is 1.00. The number of hydrogen-bond donors (Lipinski definition) is 1. The van der Waals surface area contributed by atoms with Crippen LogP contribution in [0.3, 0.4) is 0 Å². The van der Waals surface area contributed by atoms with Gasteiger partial charge in [-0.25, -0.2) is 4.98 Å². The van der Waals surface area contributed by atoms with Gasteiger partial charge >= 0.3 is 0 Å². The molecule has 0 aliphatic heterocycles. The predicted molar refractivity (Wildman–Crippen MR) is 77.9 cm³/mol. The van der Waals surface area contributed by atoms with E-state index >= 15 is 0 Å². The van der Waals surface area contributed by atoms with Gasteiger partial charge in [0.05, 0.1) is 0 Å². The fraction of sp³-hybridized carbons (Fsp3) is 0.133. The summed E-state index contributed by atoms with van der Waals surface area (Å²) in [7, 11) is 0. The molecule has 1 aromatic heterocycles. The maximum atomic E-state index is 4.26. The van der Waals surface area contributed by atoms with Crippen LogP contribution in [0.2, 0.25) is 0 Å². The zero-order valence-corrected chi connectivity index (χ0v) is 11.4. The number of alkyl halides is 1. The molecule has 0 bridgehead atoms. The summed E-state index contributed by atoms with van der Waals surface area (Å²) >= 11 is 3.73.